The number of halogens is 1. The summed E-state index contributed by atoms with van der Waals surface area (Å²) in [5, 5.41) is 1.91. The lowest BCUT2D eigenvalue weighted by Gasteiger charge is -2.10. The molecule has 0 atom stereocenters. The van der Waals surface area contributed by atoms with Crippen molar-refractivity contribution in [3.8, 4) is 22.6 Å². The van der Waals surface area contributed by atoms with E-state index in [9.17, 15) is 9.59 Å². The minimum atomic E-state index is -0.405. The van der Waals surface area contributed by atoms with Crippen LogP contribution in [-0.4, -0.2) is 11.9 Å². The molecule has 2 rings (SSSR count). The molecule has 20 heavy (non-hydrogen) atoms. The van der Waals surface area contributed by atoms with E-state index in [1.807, 2.05) is 11.4 Å². The molecule has 0 saturated heterocycles. The van der Waals surface area contributed by atoms with Crippen molar-refractivity contribution in [2.75, 3.05) is 0 Å². The molecule has 1 aromatic heterocycles. The molecular weight excluding hydrogens is 344 g/mol. The fraction of sp³-hybridized carbons (Fsp3) is 0.143. The first-order valence-electron chi connectivity index (χ1n) is 5.71. The Bertz CT molecular complexity index is 663. The average Bonchev–Trinajstić information content (AvgIpc) is 2.76. The van der Waals surface area contributed by atoms with Crippen LogP contribution in [0, 0.1) is 0 Å². The van der Waals surface area contributed by atoms with Crippen LogP contribution in [0.1, 0.15) is 13.8 Å². The number of hydrogen-bond acceptors (Lipinski definition) is 5. The third-order valence-electron chi connectivity index (χ3n) is 2.37. The van der Waals surface area contributed by atoms with E-state index in [4.69, 9.17) is 9.47 Å². The smallest absolute Gasteiger partial charge is 0.308 e. The molecular formula is C14H11BrO4S. The van der Waals surface area contributed by atoms with Crippen LogP contribution in [-0.2, 0) is 9.59 Å². The lowest BCUT2D eigenvalue weighted by Crippen LogP contribution is -2.04. The van der Waals surface area contributed by atoms with E-state index in [1.54, 1.807) is 18.2 Å². The molecule has 0 bridgehead atoms. The van der Waals surface area contributed by atoms with Gasteiger partial charge in [0.15, 0.2) is 0 Å². The molecule has 0 aliphatic rings. The maximum Gasteiger partial charge on any atom is 0.308 e. The molecule has 4 nitrogen and oxygen atoms in total. The van der Waals surface area contributed by atoms with E-state index < -0.39 is 11.9 Å². The molecule has 0 N–H and O–H groups in total. The molecule has 0 aliphatic heterocycles. The summed E-state index contributed by atoms with van der Waals surface area (Å²) < 4.78 is 11.2. The lowest BCUT2D eigenvalue weighted by molar-refractivity contribution is -0.133. The molecule has 0 radical (unpaired) electrons. The maximum atomic E-state index is 11.2. The highest BCUT2D eigenvalue weighted by atomic mass is 79.9. The molecule has 6 heteroatoms. The summed E-state index contributed by atoms with van der Waals surface area (Å²) in [5.41, 5.74) is 1.56. The molecule has 1 heterocycles. The molecule has 0 saturated carbocycles. The van der Waals surface area contributed by atoms with Crippen molar-refractivity contribution in [2.24, 2.45) is 0 Å². The Kier molecular flexibility index (Phi) is 4.57. The monoisotopic (exact) mass is 354 g/mol. The number of hydrogen-bond donors (Lipinski definition) is 0. The van der Waals surface area contributed by atoms with Gasteiger partial charge in [0.25, 0.3) is 0 Å². The second-order valence-corrected chi connectivity index (χ2v) is 6.19. The van der Waals surface area contributed by atoms with Crippen LogP contribution in [0.3, 0.4) is 0 Å². The average molecular weight is 355 g/mol. The molecule has 0 amide bonds. The topological polar surface area (TPSA) is 52.6 Å². The summed E-state index contributed by atoms with van der Waals surface area (Å²) in [7, 11) is 0. The van der Waals surface area contributed by atoms with Crippen molar-refractivity contribution in [1.29, 1.82) is 0 Å². The van der Waals surface area contributed by atoms with Crippen LogP contribution in [0.2, 0.25) is 0 Å². The van der Waals surface area contributed by atoms with E-state index >= 15 is 0 Å². The van der Waals surface area contributed by atoms with Crippen LogP contribution < -0.4 is 9.47 Å². The van der Waals surface area contributed by atoms with Gasteiger partial charge in [0, 0.05) is 25.0 Å². The summed E-state index contributed by atoms with van der Waals surface area (Å²) in [5.74, 6) is 0.0208. The van der Waals surface area contributed by atoms with Crippen molar-refractivity contribution in [3.05, 3.63) is 33.4 Å². The molecule has 0 spiro atoms. The second kappa shape index (κ2) is 6.19. The number of rotatable bonds is 3. The number of benzene rings is 1. The zero-order valence-electron chi connectivity index (χ0n) is 10.8. The van der Waals surface area contributed by atoms with Crippen LogP contribution in [0.15, 0.2) is 33.4 Å². The Morgan fingerprint density at radius 3 is 2.30 bits per heavy atom. The van der Waals surface area contributed by atoms with Crippen molar-refractivity contribution in [3.63, 3.8) is 0 Å². The number of ether oxygens (including phenoxy) is 2. The van der Waals surface area contributed by atoms with E-state index in [2.05, 4.69) is 15.9 Å². The highest BCUT2D eigenvalue weighted by Gasteiger charge is 2.14. The largest absolute Gasteiger partial charge is 0.427 e. The Hall–Kier alpha value is -1.66. The van der Waals surface area contributed by atoms with Crippen LogP contribution in [0.25, 0.3) is 11.1 Å². The van der Waals surface area contributed by atoms with Gasteiger partial charge in [-0.1, -0.05) is 0 Å². The maximum absolute atomic E-state index is 11.2. The fourth-order valence-corrected chi connectivity index (χ4v) is 2.98. The lowest BCUT2D eigenvalue weighted by atomic mass is 10.1. The van der Waals surface area contributed by atoms with Crippen molar-refractivity contribution < 1.29 is 19.1 Å². The van der Waals surface area contributed by atoms with E-state index in [0.29, 0.717) is 17.1 Å². The highest BCUT2D eigenvalue weighted by Crippen LogP contribution is 2.40. The Labute approximate surface area is 128 Å². The Morgan fingerprint density at radius 2 is 1.75 bits per heavy atom. The first kappa shape index (κ1) is 14.7. The summed E-state index contributed by atoms with van der Waals surface area (Å²) >= 11 is 4.96. The number of carbonyl (C=O) groups is 2. The zero-order valence-corrected chi connectivity index (χ0v) is 13.2. The number of carbonyl (C=O) groups excluding carboxylic acids is 2. The fourth-order valence-electron chi connectivity index (χ4n) is 1.68. The van der Waals surface area contributed by atoms with Gasteiger partial charge < -0.3 is 9.47 Å². The standard InChI is InChI=1S/C14H11BrO4S/c1-8(16)18-10-3-4-13(19-9(2)17)12(7-10)11-5-6-20-14(11)15/h3-7H,1-2H3. The quantitative estimate of drug-likeness (QED) is 0.616. The first-order chi connectivity index (χ1) is 9.47. The summed E-state index contributed by atoms with van der Waals surface area (Å²) in [6.45, 7) is 2.67. The minimum Gasteiger partial charge on any atom is -0.427 e. The van der Waals surface area contributed by atoms with E-state index in [1.165, 1.54) is 25.2 Å². The van der Waals surface area contributed by atoms with Gasteiger partial charge >= 0.3 is 11.9 Å². The van der Waals surface area contributed by atoms with Gasteiger partial charge in [-0.15, -0.1) is 11.3 Å². The third-order valence-corrected chi connectivity index (χ3v) is 4.06. The van der Waals surface area contributed by atoms with Gasteiger partial charge in [-0.25, -0.2) is 0 Å². The normalized spacial score (nSPS) is 10.2. The molecule has 0 fully saturated rings. The van der Waals surface area contributed by atoms with Crippen LogP contribution in [0.5, 0.6) is 11.5 Å². The van der Waals surface area contributed by atoms with Gasteiger partial charge in [0.1, 0.15) is 11.5 Å². The molecule has 104 valence electrons. The molecule has 2 aromatic rings. The van der Waals surface area contributed by atoms with Crippen molar-refractivity contribution in [2.45, 2.75) is 13.8 Å². The first-order valence-corrected chi connectivity index (χ1v) is 7.39. The molecule has 1 aromatic carbocycles. The number of esters is 2. The summed E-state index contributed by atoms with van der Waals surface area (Å²) in [6.07, 6.45) is 0. The predicted octanol–water partition coefficient (Wildman–Crippen LogP) is 4.03. The number of thiophene rings is 1. The van der Waals surface area contributed by atoms with Crippen molar-refractivity contribution >= 4 is 39.2 Å². The van der Waals surface area contributed by atoms with Gasteiger partial charge in [-0.2, -0.15) is 0 Å². The zero-order chi connectivity index (χ0) is 14.7. The second-order valence-electron chi connectivity index (χ2n) is 3.95. The van der Waals surface area contributed by atoms with E-state index in [-0.39, 0.29) is 0 Å². The summed E-state index contributed by atoms with van der Waals surface area (Å²) in [4.78, 5) is 22.2. The van der Waals surface area contributed by atoms with Crippen molar-refractivity contribution in [1.82, 2.24) is 0 Å². The van der Waals surface area contributed by atoms with Gasteiger partial charge in [0.2, 0.25) is 0 Å². The minimum absolute atomic E-state index is 0.402. The van der Waals surface area contributed by atoms with Gasteiger partial charge in [0.05, 0.1) is 3.79 Å². The third kappa shape index (κ3) is 3.46. The summed E-state index contributed by atoms with van der Waals surface area (Å²) in [6, 6.07) is 6.77. The predicted molar refractivity (Wildman–Crippen MR) is 80.1 cm³/mol. The van der Waals surface area contributed by atoms with Crippen LogP contribution in [0.4, 0.5) is 0 Å². The Balaban J connectivity index is 2.50. The van der Waals surface area contributed by atoms with Gasteiger partial charge in [-0.3, -0.25) is 9.59 Å². The molecule has 0 unspecified atom stereocenters. The SMILES string of the molecule is CC(=O)Oc1ccc(OC(C)=O)c(-c2ccsc2Br)c1. The Morgan fingerprint density at radius 1 is 1.05 bits per heavy atom. The van der Waals surface area contributed by atoms with Gasteiger partial charge in [-0.05, 0) is 45.6 Å². The van der Waals surface area contributed by atoms with E-state index in [0.717, 1.165) is 9.35 Å². The molecule has 0 aliphatic carbocycles. The van der Waals surface area contributed by atoms with Crippen LogP contribution >= 0.6 is 27.3 Å². The highest BCUT2D eigenvalue weighted by molar-refractivity contribution is 9.11.